The van der Waals surface area contributed by atoms with Crippen molar-refractivity contribution in [3.8, 4) is 22.8 Å². The molecule has 0 atom stereocenters. The van der Waals surface area contributed by atoms with Gasteiger partial charge in [0.1, 0.15) is 17.3 Å². The molecule has 2 aliphatic carbocycles. The first-order valence-electron chi connectivity index (χ1n) is 13.0. The number of nitrogens with one attached hydrogen (secondary N) is 1. The monoisotopic (exact) mass is 608 g/mol. The second-order valence-electron chi connectivity index (χ2n) is 9.50. The molecule has 2 aromatic carbocycles. The number of rotatable bonds is 7. The van der Waals surface area contributed by atoms with Gasteiger partial charge in [-0.2, -0.15) is 0 Å². The molecule has 6 rings (SSSR count). The summed E-state index contributed by atoms with van der Waals surface area (Å²) >= 11 is 3.38. The molecular formula is C31H37BrN4O4. The molecule has 0 radical (unpaired) electrons. The first kappa shape index (κ1) is 30.8. The van der Waals surface area contributed by atoms with Crippen molar-refractivity contribution < 1.29 is 19.1 Å². The third-order valence-corrected chi connectivity index (χ3v) is 7.21. The zero-order chi connectivity index (χ0) is 27.6. The van der Waals surface area contributed by atoms with E-state index in [1.807, 2.05) is 60.7 Å². The number of carbonyl (C=O) groups excluding carboxylic acids is 2. The highest BCUT2D eigenvalue weighted by atomic mass is 79.9. The summed E-state index contributed by atoms with van der Waals surface area (Å²) in [7, 11) is 2.72. The molecule has 8 nitrogen and oxygen atoms in total. The molecule has 0 spiro atoms. The molecule has 1 N–H and O–H groups in total. The molecule has 2 fully saturated rings. The third kappa shape index (κ3) is 8.91. The number of methoxy groups -OCH3 is 2. The maximum absolute atomic E-state index is 11.6. The first-order chi connectivity index (χ1) is 19.0. The van der Waals surface area contributed by atoms with E-state index in [9.17, 15) is 9.59 Å². The number of halogens is 1. The van der Waals surface area contributed by atoms with Crippen LogP contribution in [0.2, 0.25) is 0 Å². The molecule has 0 amide bonds. The van der Waals surface area contributed by atoms with Gasteiger partial charge in [0.25, 0.3) is 0 Å². The molecule has 2 heterocycles. The fourth-order valence-electron chi connectivity index (χ4n) is 3.70. The lowest BCUT2D eigenvalue weighted by Crippen LogP contribution is -2.01. The molecule has 2 saturated carbocycles. The number of benzene rings is 2. The highest BCUT2D eigenvalue weighted by Crippen LogP contribution is 2.32. The van der Waals surface area contributed by atoms with Crippen LogP contribution in [0.4, 0.5) is 0 Å². The van der Waals surface area contributed by atoms with Crippen molar-refractivity contribution in [2.45, 2.75) is 39.7 Å². The van der Waals surface area contributed by atoms with E-state index < -0.39 is 5.97 Å². The zero-order valence-electron chi connectivity index (χ0n) is 22.2. The molecule has 212 valence electrons. The quantitative estimate of drug-likeness (QED) is 0.178. The van der Waals surface area contributed by atoms with E-state index in [0.29, 0.717) is 17.2 Å². The van der Waals surface area contributed by atoms with Crippen molar-refractivity contribution in [1.29, 1.82) is 0 Å². The fourth-order valence-corrected chi connectivity index (χ4v) is 4.35. The Kier molecular flexibility index (Phi) is 11.7. The Morgan fingerprint density at radius 2 is 1.48 bits per heavy atom. The summed E-state index contributed by atoms with van der Waals surface area (Å²) in [5, 5.41) is 1.23. The van der Waals surface area contributed by atoms with Crippen LogP contribution in [0.15, 0.2) is 73.1 Å². The number of hydrogen-bond donors (Lipinski definition) is 1. The Hall–Kier alpha value is -3.72. The first-order valence-corrected chi connectivity index (χ1v) is 14.1. The van der Waals surface area contributed by atoms with E-state index >= 15 is 0 Å². The van der Waals surface area contributed by atoms with Gasteiger partial charge in [-0.1, -0.05) is 84.0 Å². The normalized spacial score (nSPS) is 13.5. The van der Waals surface area contributed by atoms with Crippen LogP contribution in [0.25, 0.3) is 22.8 Å². The van der Waals surface area contributed by atoms with E-state index in [0.717, 1.165) is 35.3 Å². The van der Waals surface area contributed by atoms with Gasteiger partial charge in [0.15, 0.2) is 5.69 Å². The number of ether oxygens (including phenoxy) is 2. The van der Waals surface area contributed by atoms with Gasteiger partial charge in [-0.25, -0.2) is 19.6 Å². The third-order valence-electron chi connectivity index (χ3n) is 6.30. The van der Waals surface area contributed by atoms with Gasteiger partial charge >= 0.3 is 11.9 Å². The maximum Gasteiger partial charge on any atom is 0.358 e. The Bertz CT molecular complexity index is 1350. The minimum Gasteiger partial charge on any atom is -0.464 e. The smallest absolute Gasteiger partial charge is 0.358 e. The van der Waals surface area contributed by atoms with Crippen molar-refractivity contribution in [3.63, 3.8) is 0 Å². The number of alkyl halides is 1. The van der Waals surface area contributed by atoms with Crippen LogP contribution in [-0.4, -0.2) is 51.0 Å². The summed E-state index contributed by atoms with van der Waals surface area (Å²) in [4.78, 5) is 34.2. The van der Waals surface area contributed by atoms with Crippen LogP contribution in [0.3, 0.4) is 0 Å². The standard InChI is InChI=1S/C15H16N2O2.C11H10N2O2.C4H7Br.CH4/c1-19-15(18)13-10-17(9-11-7-8-11)14(16-13)12-5-3-2-4-6-12;1-15-11(14)9-7-12-10(13-9)8-5-3-2-4-6-8;5-3-4-1-2-4;/h2-6,10-11H,7-9H2,1H3;2-7H,1H3,(H,12,13);4H,1-3H2;1H4. The van der Waals surface area contributed by atoms with Gasteiger partial charge in [-0.3, -0.25) is 0 Å². The second-order valence-corrected chi connectivity index (χ2v) is 10.2. The lowest BCUT2D eigenvalue weighted by Gasteiger charge is -2.06. The predicted molar refractivity (Wildman–Crippen MR) is 160 cm³/mol. The topological polar surface area (TPSA) is 99.1 Å². The van der Waals surface area contributed by atoms with E-state index in [-0.39, 0.29) is 13.4 Å². The average molecular weight is 610 g/mol. The van der Waals surface area contributed by atoms with Crippen LogP contribution >= 0.6 is 15.9 Å². The van der Waals surface area contributed by atoms with Crippen molar-refractivity contribution in [3.05, 3.63) is 84.4 Å². The number of aromatic amines is 1. The maximum atomic E-state index is 11.6. The van der Waals surface area contributed by atoms with Crippen molar-refractivity contribution in [2.75, 3.05) is 19.5 Å². The molecule has 0 bridgehead atoms. The SMILES string of the molecule is BrCC1CC1.C.COC(=O)c1cn(CC2CC2)c(-c2ccccc2)n1.COC(=O)c1cnc(-c2ccccc2)[nH]1. The summed E-state index contributed by atoms with van der Waals surface area (Å²) in [5.74, 6) is 2.48. The minimum absolute atomic E-state index is 0. The van der Waals surface area contributed by atoms with E-state index in [2.05, 4.69) is 40.2 Å². The highest BCUT2D eigenvalue weighted by molar-refractivity contribution is 9.09. The molecule has 0 aliphatic heterocycles. The zero-order valence-corrected chi connectivity index (χ0v) is 23.8. The molecule has 0 saturated heterocycles. The molecule has 4 aromatic rings. The number of nitrogens with zero attached hydrogens (tertiary/aromatic N) is 3. The molecule has 0 unspecified atom stereocenters. The lowest BCUT2D eigenvalue weighted by molar-refractivity contribution is 0.0586. The van der Waals surface area contributed by atoms with Crippen molar-refractivity contribution in [1.82, 2.24) is 19.5 Å². The van der Waals surface area contributed by atoms with Crippen LogP contribution in [0.1, 0.15) is 54.1 Å². The Balaban J connectivity index is 0.000000187. The van der Waals surface area contributed by atoms with Crippen LogP contribution in [0.5, 0.6) is 0 Å². The van der Waals surface area contributed by atoms with Gasteiger partial charge in [0.2, 0.25) is 0 Å². The minimum atomic E-state index is -0.412. The number of hydrogen-bond acceptors (Lipinski definition) is 6. The Morgan fingerprint density at radius 1 is 0.900 bits per heavy atom. The Morgan fingerprint density at radius 3 is 1.98 bits per heavy atom. The van der Waals surface area contributed by atoms with Crippen molar-refractivity contribution in [2.24, 2.45) is 11.8 Å². The van der Waals surface area contributed by atoms with Gasteiger partial charge in [0, 0.05) is 29.2 Å². The number of H-pyrrole nitrogens is 1. The summed E-state index contributed by atoms with van der Waals surface area (Å²) in [6.45, 7) is 0.925. The lowest BCUT2D eigenvalue weighted by atomic mass is 10.2. The Labute approximate surface area is 244 Å². The largest absolute Gasteiger partial charge is 0.464 e. The molecular weight excluding hydrogens is 572 g/mol. The average Bonchev–Trinajstić information content (AvgIpc) is 3.91. The fraction of sp³-hybridized carbons (Fsp3) is 0.355. The number of esters is 2. The van der Waals surface area contributed by atoms with Gasteiger partial charge < -0.3 is 19.0 Å². The summed E-state index contributed by atoms with van der Waals surface area (Å²) in [6, 6.07) is 19.5. The summed E-state index contributed by atoms with van der Waals surface area (Å²) in [6.07, 6.45) is 8.72. The van der Waals surface area contributed by atoms with Gasteiger partial charge in [0.05, 0.1) is 20.4 Å². The van der Waals surface area contributed by atoms with Gasteiger partial charge in [-0.15, -0.1) is 0 Å². The second kappa shape index (κ2) is 15.2. The highest BCUT2D eigenvalue weighted by Gasteiger charge is 2.25. The number of imidazole rings is 2. The summed E-state index contributed by atoms with van der Waals surface area (Å²) < 4.78 is 11.4. The van der Waals surface area contributed by atoms with Crippen LogP contribution in [-0.2, 0) is 16.0 Å². The molecule has 2 aliphatic rings. The number of aromatic nitrogens is 4. The van der Waals surface area contributed by atoms with Crippen LogP contribution < -0.4 is 0 Å². The molecule has 2 aromatic heterocycles. The van der Waals surface area contributed by atoms with E-state index in [1.165, 1.54) is 51.4 Å². The molecule has 9 heteroatoms. The molecule has 40 heavy (non-hydrogen) atoms. The number of carbonyl (C=O) groups is 2. The van der Waals surface area contributed by atoms with E-state index in [1.54, 1.807) is 6.20 Å². The predicted octanol–water partition coefficient (Wildman–Crippen LogP) is 7.04. The summed E-state index contributed by atoms with van der Waals surface area (Å²) in [5.41, 5.74) is 2.70. The van der Waals surface area contributed by atoms with E-state index in [4.69, 9.17) is 4.74 Å². The van der Waals surface area contributed by atoms with Gasteiger partial charge in [-0.05, 0) is 37.5 Å². The van der Waals surface area contributed by atoms with Crippen molar-refractivity contribution >= 4 is 27.9 Å². The van der Waals surface area contributed by atoms with Crippen LogP contribution in [0, 0.1) is 11.8 Å².